The van der Waals surface area contributed by atoms with E-state index in [-0.39, 0.29) is 17.9 Å². The summed E-state index contributed by atoms with van der Waals surface area (Å²) in [6, 6.07) is 14.5. The maximum absolute atomic E-state index is 12.6. The molecule has 26 heavy (non-hydrogen) atoms. The molecule has 2 N–H and O–H groups in total. The van der Waals surface area contributed by atoms with Crippen molar-refractivity contribution in [2.75, 3.05) is 13.1 Å². The molecule has 1 fully saturated rings. The van der Waals surface area contributed by atoms with E-state index in [1.54, 1.807) is 24.3 Å². The van der Waals surface area contributed by atoms with E-state index >= 15 is 0 Å². The number of rotatable bonds is 3. The molecule has 1 heterocycles. The zero-order valence-electron chi connectivity index (χ0n) is 14.5. The topological polar surface area (TPSA) is 69.6 Å². The molecule has 2 atom stereocenters. The van der Waals surface area contributed by atoms with Crippen molar-refractivity contribution in [3.05, 3.63) is 70.2 Å². The first-order chi connectivity index (χ1) is 12.5. The molecule has 0 aliphatic carbocycles. The third kappa shape index (κ3) is 3.99. The fourth-order valence-electron chi connectivity index (χ4n) is 3.47. The Morgan fingerprint density at radius 2 is 1.85 bits per heavy atom. The van der Waals surface area contributed by atoms with Crippen molar-refractivity contribution in [3.8, 4) is 0 Å². The Bertz CT molecular complexity index is 807. The van der Waals surface area contributed by atoms with Gasteiger partial charge in [-0.2, -0.15) is 0 Å². The first kappa shape index (κ1) is 18.3. The van der Waals surface area contributed by atoms with Crippen molar-refractivity contribution in [3.63, 3.8) is 0 Å². The molecule has 0 aromatic heterocycles. The van der Waals surface area contributed by atoms with Crippen LogP contribution < -0.4 is 5.32 Å². The average molecular weight is 373 g/mol. The molecular weight excluding hydrogens is 352 g/mol. The number of carbonyl (C=O) groups is 2. The number of carboxylic acid groups (broad SMARTS) is 1. The summed E-state index contributed by atoms with van der Waals surface area (Å²) in [5.41, 5.74) is 2.70. The monoisotopic (exact) mass is 372 g/mol. The lowest BCUT2D eigenvalue weighted by Crippen LogP contribution is -2.51. The number of hydrogen-bond acceptors (Lipinski definition) is 2. The van der Waals surface area contributed by atoms with Crippen molar-refractivity contribution < 1.29 is 14.7 Å². The van der Waals surface area contributed by atoms with E-state index in [1.165, 1.54) is 4.90 Å². The zero-order chi connectivity index (χ0) is 18.7. The lowest BCUT2D eigenvalue weighted by atomic mass is 9.84. The van der Waals surface area contributed by atoms with E-state index in [0.29, 0.717) is 30.1 Å². The van der Waals surface area contributed by atoms with Crippen molar-refractivity contribution in [1.82, 2.24) is 10.2 Å². The first-order valence-electron chi connectivity index (χ1n) is 8.55. The Labute approximate surface area is 157 Å². The van der Waals surface area contributed by atoms with Gasteiger partial charge in [0.05, 0.1) is 0 Å². The van der Waals surface area contributed by atoms with Crippen LogP contribution in [0.15, 0.2) is 48.5 Å². The van der Waals surface area contributed by atoms with Gasteiger partial charge in [-0.25, -0.2) is 4.79 Å². The van der Waals surface area contributed by atoms with Crippen LogP contribution >= 0.6 is 11.6 Å². The number of carbonyl (C=O) groups excluding carboxylic acids is 1. The number of benzene rings is 2. The molecule has 2 amide bonds. The summed E-state index contributed by atoms with van der Waals surface area (Å²) in [6.07, 6.45) is -0.351. The van der Waals surface area contributed by atoms with Crippen LogP contribution in [0.25, 0.3) is 0 Å². The fraction of sp³-hybridized carbons (Fsp3) is 0.300. The predicted octanol–water partition coefficient (Wildman–Crippen LogP) is 3.91. The van der Waals surface area contributed by atoms with Gasteiger partial charge in [0.15, 0.2) is 0 Å². The summed E-state index contributed by atoms with van der Waals surface area (Å²) in [7, 11) is 0. The third-order valence-electron chi connectivity index (χ3n) is 4.89. The van der Waals surface area contributed by atoms with Gasteiger partial charge in [0, 0.05) is 35.6 Å². The Morgan fingerprint density at radius 3 is 2.50 bits per heavy atom. The average Bonchev–Trinajstić information content (AvgIpc) is 2.63. The van der Waals surface area contributed by atoms with Gasteiger partial charge in [0.2, 0.25) is 0 Å². The summed E-state index contributed by atoms with van der Waals surface area (Å²) in [4.78, 5) is 25.5. The summed E-state index contributed by atoms with van der Waals surface area (Å²) in [6.45, 7) is 2.78. The molecule has 2 aromatic rings. The van der Waals surface area contributed by atoms with Crippen LogP contribution in [-0.2, 0) is 0 Å². The Hall–Kier alpha value is -2.53. The largest absolute Gasteiger partial charge is 0.465 e. The van der Waals surface area contributed by atoms with E-state index in [9.17, 15) is 14.7 Å². The van der Waals surface area contributed by atoms with Crippen LogP contribution in [0.2, 0.25) is 5.02 Å². The minimum atomic E-state index is -0.925. The highest BCUT2D eigenvalue weighted by molar-refractivity contribution is 6.30. The second-order valence-electron chi connectivity index (χ2n) is 6.57. The van der Waals surface area contributed by atoms with Gasteiger partial charge in [-0.15, -0.1) is 0 Å². The van der Waals surface area contributed by atoms with Gasteiger partial charge in [0.25, 0.3) is 5.91 Å². The van der Waals surface area contributed by atoms with E-state index in [2.05, 4.69) is 5.32 Å². The van der Waals surface area contributed by atoms with Crippen molar-refractivity contribution >= 4 is 23.6 Å². The van der Waals surface area contributed by atoms with Crippen molar-refractivity contribution in [1.29, 1.82) is 0 Å². The van der Waals surface area contributed by atoms with Crippen LogP contribution in [0.3, 0.4) is 0 Å². The van der Waals surface area contributed by atoms with Crippen molar-refractivity contribution in [2.24, 2.45) is 0 Å². The number of nitrogens with one attached hydrogen (secondary N) is 1. The number of amides is 2. The van der Waals surface area contributed by atoms with Crippen LogP contribution in [0.1, 0.15) is 33.8 Å². The summed E-state index contributed by atoms with van der Waals surface area (Å²) in [5, 5.41) is 13.0. The Balaban J connectivity index is 1.83. The number of likely N-dealkylation sites (tertiary alicyclic amines) is 1. The molecule has 1 saturated heterocycles. The number of piperidine rings is 1. The summed E-state index contributed by atoms with van der Waals surface area (Å²) < 4.78 is 0. The molecule has 0 saturated carbocycles. The highest BCUT2D eigenvalue weighted by Crippen LogP contribution is 2.30. The van der Waals surface area contributed by atoms with Gasteiger partial charge in [-0.3, -0.25) is 4.79 Å². The number of hydrogen-bond donors (Lipinski definition) is 2. The minimum absolute atomic E-state index is 0.0858. The van der Waals surface area contributed by atoms with Crippen LogP contribution in [0, 0.1) is 6.92 Å². The van der Waals surface area contributed by atoms with E-state index in [0.717, 1.165) is 11.1 Å². The van der Waals surface area contributed by atoms with Gasteiger partial charge >= 0.3 is 6.09 Å². The second-order valence-corrected chi connectivity index (χ2v) is 7.00. The molecule has 2 aromatic carbocycles. The van der Waals surface area contributed by atoms with Crippen LogP contribution in [0.5, 0.6) is 0 Å². The highest BCUT2D eigenvalue weighted by Gasteiger charge is 2.34. The molecule has 0 spiro atoms. The fourth-order valence-corrected chi connectivity index (χ4v) is 3.60. The highest BCUT2D eigenvalue weighted by atomic mass is 35.5. The van der Waals surface area contributed by atoms with Crippen molar-refractivity contribution in [2.45, 2.75) is 25.3 Å². The standard InChI is InChI=1S/C20H21ClN2O3/c1-13-4-2-3-5-16(13)17-12-23(20(25)26)11-10-18(17)22-19(24)14-6-8-15(21)9-7-14/h2-9,17-18H,10-12H2,1H3,(H,22,24)(H,25,26)/t17-,18+/m0/s1. The SMILES string of the molecule is Cc1ccccc1[C@@H]1CN(C(=O)O)CC[C@H]1NC(=O)c1ccc(Cl)cc1. The molecule has 0 unspecified atom stereocenters. The predicted molar refractivity (Wildman–Crippen MR) is 101 cm³/mol. The Kier molecular flexibility index (Phi) is 5.47. The van der Waals surface area contributed by atoms with E-state index in [4.69, 9.17) is 11.6 Å². The van der Waals surface area contributed by atoms with Crippen LogP contribution in [-0.4, -0.2) is 41.1 Å². The van der Waals surface area contributed by atoms with E-state index < -0.39 is 6.09 Å². The maximum atomic E-state index is 12.6. The van der Waals surface area contributed by atoms with Gasteiger partial charge in [0.1, 0.15) is 0 Å². The number of nitrogens with zero attached hydrogens (tertiary/aromatic N) is 1. The summed E-state index contributed by atoms with van der Waals surface area (Å²) >= 11 is 5.88. The molecule has 0 bridgehead atoms. The van der Waals surface area contributed by atoms with Crippen LogP contribution in [0.4, 0.5) is 4.79 Å². The maximum Gasteiger partial charge on any atom is 0.407 e. The lowest BCUT2D eigenvalue weighted by molar-refractivity contribution is 0.0888. The quantitative estimate of drug-likeness (QED) is 0.858. The third-order valence-corrected chi connectivity index (χ3v) is 5.15. The molecule has 3 rings (SSSR count). The zero-order valence-corrected chi connectivity index (χ0v) is 15.2. The molecule has 6 heteroatoms. The number of aryl methyl sites for hydroxylation is 1. The molecular formula is C20H21ClN2O3. The normalized spacial score (nSPS) is 19.8. The van der Waals surface area contributed by atoms with Gasteiger partial charge < -0.3 is 15.3 Å². The second kappa shape index (κ2) is 7.79. The molecule has 5 nitrogen and oxygen atoms in total. The molecule has 1 aliphatic heterocycles. The molecule has 136 valence electrons. The van der Waals surface area contributed by atoms with Gasteiger partial charge in [-0.05, 0) is 48.7 Å². The Morgan fingerprint density at radius 1 is 1.15 bits per heavy atom. The smallest absolute Gasteiger partial charge is 0.407 e. The van der Waals surface area contributed by atoms with Gasteiger partial charge in [-0.1, -0.05) is 35.9 Å². The molecule has 0 radical (unpaired) electrons. The number of halogens is 1. The van der Waals surface area contributed by atoms with E-state index in [1.807, 2.05) is 31.2 Å². The minimum Gasteiger partial charge on any atom is -0.465 e. The summed E-state index contributed by atoms with van der Waals surface area (Å²) in [5.74, 6) is -0.258. The molecule has 1 aliphatic rings. The first-order valence-corrected chi connectivity index (χ1v) is 8.93. The lowest BCUT2D eigenvalue weighted by Gasteiger charge is -2.38.